The van der Waals surface area contributed by atoms with Crippen LogP contribution in [0.3, 0.4) is 0 Å². The molecular weight excluding hydrogens is 525 g/mol. The average Bonchev–Trinajstić information content (AvgIpc) is 3.34. The van der Waals surface area contributed by atoms with Crippen molar-refractivity contribution in [3.05, 3.63) is 105 Å². The number of hydrogen-bond donors (Lipinski definition) is 1. The molecule has 6 nitrogen and oxygen atoms in total. The second-order valence-corrected chi connectivity index (χ2v) is 10.5. The topological polar surface area (TPSA) is 71.4 Å². The predicted molar refractivity (Wildman–Crippen MR) is 150 cm³/mol. The molecule has 5 rings (SSSR count). The van der Waals surface area contributed by atoms with Crippen molar-refractivity contribution >= 4 is 63.1 Å². The summed E-state index contributed by atoms with van der Waals surface area (Å²) in [6, 6.07) is 17.5. The molecule has 1 saturated heterocycles. The van der Waals surface area contributed by atoms with Gasteiger partial charge in [0.05, 0.1) is 4.91 Å². The average molecular weight is 548 g/mol. The Morgan fingerprint density at radius 2 is 1.87 bits per heavy atom. The van der Waals surface area contributed by atoms with Gasteiger partial charge in [0.15, 0.2) is 0 Å². The number of rotatable bonds is 6. The van der Waals surface area contributed by atoms with Gasteiger partial charge in [0.2, 0.25) is 5.91 Å². The van der Waals surface area contributed by atoms with Crippen molar-refractivity contribution in [3.63, 3.8) is 0 Å². The lowest BCUT2D eigenvalue weighted by Crippen LogP contribution is -2.36. The number of halogens is 2. The second-order valence-electron chi connectivity index (χ2n) is 9.10. The molecule has 0 unspecified atom stereocenters. The summed E-state index contributed by atoms with van der Waals surface area (Å²) >= 11 is 7.05. The van der Waals surface area contributed by atoms with Gasteiger partial charge in [-0.25, -0.2) is 4.39 Å². The fraction of sp³-hybridized carbons (Fsp3) is 0.138. The number of fused-ring (bicyclic) bond motifs is 1. The highest BCUT2D eigenvalue weighted by Crippen LogP contribution is 2.34. The van der Waals surface area contributed by atoms with E-state index in [1.165, 1.54) is 12.1 Å². The standard InChI is InChI=1S/C29H23ClFN3O3S/c1-17-7-10-24(18(2)11-17)32-27(35)16-34-28(36)26(38-29(34)37)12-20-15-33(25-6-4-3-5-22(20)25)14-19-8-9-21(31)13-23(19)30/h3-13,15H,14,16H2,1-2H3,(H,32,35)/b26-12-. The lowest BCUT2D eigenvalue weighted by atomic mass is 10.1. The number of hydrogen-bond acceptors (Lipinski definition) is 4. The minimum absolute atomic E-state index is 0.233. The molecule has 9 heteroatoms. The Labute approximate surface area is 228 Å². The first-order valence-corrected chi connectivity index (χ1v) is 13.0. The van der Waals surface area contributed by atoms with Crippen molar-refractivity contribution in [1.82, 2.24) is 9.47 Å². The molecule has 0 bridgehead atoms. The highest BCUT2D eigenvalue weighted by atomic mass is 35.5. The van der Waals surface area contributed by atoms with Crippen molar-refractivity contribution in [2.24, 2.45) is 0 Å². The van der Waals surface area contributed by atoms with Crippen LogP contribution in [0.1, 0.15) is 22.3 Å². The molecule has 1 fully saturated rings. The SMILES string of the molecule is Cc1ccc(NC(=O)CN2C(=O)S/C(=C\c3cn(Cc4ccc(F)cc4Cl)c4ccccc34)C2=O)c(C)c1. The lowest BCUT2D eigenvalue weighted by Gasteiger charge is -2.14. The summed E-state index contributed by atoms with van der Waals surface area (Å²) in [5.41, 5.74) is 4.98. The first-order chi connectivity index (χ1) is 18.2. The Kier molecular flexibility index (Phi) is 7.10. The number of amides is 3. The van der Waals surface area contributed by atoms with Gasteiger partial charge in [0.25, 0.3) is 11.1 Å². The van der Waals surface area contributed by atoms with Crippen molar-refractivity contribution in [3.8, 4) is 0 Å². The fourth-order valence-corrected chi connectivity index (χ4v) is 5.48. The normalized spacial score (nSPS) is 14.6. The first kappa shape index (κ1) is 25.8. The van der Waals surface area contributed by atoms with Gasteiger partial charge in [-0.05, 0) is 67.1 Å². The predicted octanol–water partition coefficient (Wildman–Crippen LogP) is 6.77. The maximum Gasteiger partial charge on any atom is 0.294 e. The van der Waals surface area contributed by atoms with Crippen LogP contribution in [0.15, 0.2) is 71.8 Å². The number of benzene rings is 3. The van der Waals surface area contributed by atoms with Gasteiger partial charge in [-0.1, -0.05) is 53.6 Å². The van der Waals surface area contributed by atoms with Crippen LogP contribution in [0.5, 0.6) is 0 Å². The Morgan fingerprint density at radius 3 is 2.63 bits per heavy atom. The number of carbonyl (C=O) groups excluding carboxylic acids is 3. The van der Waals surface area contributed by atoms with E-state index in [2.05, 4.69) is 5.32 Å². The van der Waals surface area contributed by atoms with Gasteiger partial charge in [-0.3, -0.25) is 19.3 Å². The molecule has 0 spiro atoms. The van der Waals surface area contributed by atoms with Gasteiger partial charge in [0, 0.05) is 39.9 Å². The zero-order chi connectivity index (χ0) is 27.0. The molecule has 1 aromatic heterocycles. The van der Waals surface area contributed by atoms with E-state index >= 15 is 0 Å². The van der Waals surface area contributed by atoms with E-state index in [0.717, 1.165) is 49.8 Å². The summed E-state index contributed by atoms with van der Waals surface area (Å²) < 4.78 is 15.5. The number of nitrogens with one attached hydrogen (secondary N) is 1. The highest BCUT2D eigenvalue weighted by molar-refractivity contribution is 8.18. The van der Waals surface area contributed by atoms with E-state index in [1.54, 1.807) is 18.2 Å². The van der Waals surface area contributed by atoms with E-state index in [4.69, 9.17) is 11.6 Å². The summed E-state index contributed by atoms with van der Waals surface area (Å²) in [4.78, 5) is 39.6. The van der Waals surface area contributed by atoms with Crippen LogP contribution in [0, 0.1) is 19.7 Å². The Hall–Kier alpha value is -3.88. The van der Waals surface area contributed by atoms with Crippen LogP contribution >= 0.6 is 23.4 Å². The Bertz CT molecular complexity index is 1650. The number of aryl methyl sites for hydroxylation is 2. The third kappa shape index (κ3) is 5.23. The summed E-state index contributed by atoms with van der Waals surface area (Å²) in [5.74, 6) is -1.38. The number of anilines is 1. The lowest BCUT2D eigenvalue weighted by molar-refractivity contribution is -0.127. The van der Waals surface area contributed by atoms with Crippen LogP contribution in [0.4, 0.5) is 14.9 Å². The number of thioether (sulfide) groups is 1. The molecule has 1 aliphatic rings. The Morgan fingerprint density at radius 1 is 1.08 bits per heavy atom. The minimum atomic E-state index is -0.519. The Balaban J connectivity index is 1.38. The summed E-state index contributed by atoms with van der Waals surface area (Å²) in [7, 11) is 0. The number of para-hydroxylation sites is 1. The number of nitrogens with zero attached hydrogens (tertiary/aromatic N) is 2. The molecule has 1 N–H and O–H groups in total. The maximum atomic E-state index is 13.5. The molecule has 0 saturated carbocycles. The summed E-state index contributed by atoms with van der Waals surface area (Å²) in [6.45, 7) is 3.86. The quantitative estimate of drug-likeness (QED) is 0.270. The van der Waals surface area contributed by atoms with Gasteiger partial charge in [0.1, 0.15) is 12.4 Å². The molecule has 2 heterocycles. The smallest absolute Gasteiger partial charge is 0.294 e. The molecule has 0 radical (unpaired) electrons. The summed E-state index contributed by atoms with van der Waals surface area (Å²) in [6.07, 6.45) is 3.53. The first-order valence-electron chi connectivity index (χ1n) is 11.8. The van der Waals surface area contributed by atoms with E-state index in [-0.39, 0.29) is 11.4 Å². The van der Waals surface area contributed by atoms with Crippen LogP contribution < -0.4 is 5.32 Å². The van der Waals surface area contributed by atoms with Gasteiger partial charge >= 0.3 is 0 Å². The molecule has 192 valence electrons. The number of imide groups is 1. The van der Waals surface area contributed by atoms with Crippen LogP contribution in [-0.4, -0.2) is 33.1 Å². The second kappa shape index (κ2) is 10.5. The van der Waals surface area contributed by atoms with Gasteiger partial charge in [-0.2, -0.15) is 0 Å². The zero-order valence-corrected chi connectivity index (χ0v) is 22.2. The van der Waals surface area contributed by atoms with Crippen LogP contribution in [0.2, 0.25) is 5.02 Å². The molecule has 38 heavy (non-hydrogen) atoms. The van der Waals surface area contributed by atoms with E-state index in [1.807, 2.05) is 61.0 Å². The highest BCUT2D eigenvalue weighted by Gasteiger charge is 2.36. The third-order valence-corrected chi connectivity index (χ3v) is 7.55. The largest absolute Gasteiger partial charge is 0.342 e. The van der Waals surface area contributed by atoms with E-state index in [9.17, 15) is 18.8 Å². The molecule has 4 aromatic rings. The molecule has 0 atom stereocenters. The maximum absolute atomic E-state index is 13.5. The van der Waals surface area contributed by atoms with Crippen LogP contribution in [-0.2, 0) is 16.1 Å². The van der Waals surface area contributed by atoms with Crippen molar-refractivity contribution in [2.45, 2.75) is 20.4 Å². The molecular formula is C29H23ClFN3O3S. The minimum Gasteiger partial charge on any atom is -0.342 e. The van der Waals surface area contributed by atoms with Crippen molar-refractivity contribution in [1.29, 1.82) is 0 Å². The zero-order valence-electron chi connectivity index (χ0n) is 20.6. The summed E-state index contributed by atoms with van der Waals surface area (Å²) in [5, 5.41) is 3.48. The van der Waals surface area contributed by atoms with Crippen LogP contribution in [0.25, 0.3) is 17.0 Å². The number of aromatic nitrogens is 1. The van der Waals surface area contributed by atoms with E-state index in [0.29, 0.717) is 17.3 Å². The van der Waals surface area contributed by atoms with Crippen molar-refractivity contribution < 1.29 is 18.8 Å². The van der Waals surface area contributed by atoms with E-state index < -0.39 is 22.9 Å². The monoisotopic (exact) mass is 547 g/mol. The molecule has 3 amide bonds. The number of carbonyl (C=O) groups is 3. The van der Waals surface area contributed by atoms with Gasteiger partial charge in [-0.15, -0.1) is 0 Å². The third-order valence-electron chi connectivity index (χ3n) is 6.29. The van der Waals surface area contributed by atoms with Gasteiger partial charge < -0.3 is 9.88 Å². The molecule has 1 aliphatic heterocycles. The fourth-order valence-electron chi connectivity index (χ4n) is 4.42. The molecule has 3 aromatic carbocycles. The molecule has 0 aliphatic carbocycles. The van der Waals surface area contributed by atoms with Crippen molar-refractivity contribution in [2.75, 3.05) is 11.9 Å².